The summed E-state index contributed by atoms with van der Waals surface area (Å²) in [4.78, 5) is 26.7. The number of halogens is 1. The Hall–Kier alpha value is -2.33. The van der Waals surface area contributed by atoms with Crippen LogP contribution in [0.5, 0.6) is 0 Å². The molecule has 0 bridgehead atoms. The van der Waals surface area contributed by atoms with Crippen molar-refractivity contribution >= 4 is 23.4 Å². The van der Waals surface area contributed by atoms with Gasteiger partial charge in [-0.25, -0.2) is 0 Å². The van der Waals surface area contributed by atoms with E-state index in [1.807, 2.05) is 48.2 Å². The fraction of sp³-hybridized carbons (Fsp3) is 0.333. The maximum atomic E-state index is 12.6. The van der Waals surface area contributed by atoms with Gasteiger partial charge in [0.05, 0.1) is 6.42 Å². The van der Waals surface area contributed by atoms with Crippen molar-refractivity contribution in [3.05, 3.63) is 70.2 Å². The third-order valence-electron chi connectivity index (χ3n) is 4.80. The van der Waals surface area contributed by atoms with Crippen LogP contribution < -0.4 is 5.32 Å². The smallest absolute Gasteiger partial charge is 0.254 e. The molecule has 26 heavy (non-hydrogen) atoms. The number of piperidine rings is 1. The molecule has 3 rings (SSSR count). The maximum Gasteiger partial charge on any atom is 0.254 e. The quantitative estimate of drug-likeness (QED) is 0.893. The second-order valence-corrected chi connectivity index (χ2v) is 7.19. The van der Waals surface area contributed by atoms with Crippen molar-refractivity contribution in [3.63, 3.8) is 0 Å². The molecule has 1 fully saturated rings. The fourth-order valence-electron chi connectivity index (χ4n) is 3.28. The highest BCUT2D eigenvalue weighted by Gasteiger charge is 2.25. The molecular formula is C21H23ClN2O2. The number of amides is 2. The van der Waals surface area contributed by atoms with Crippen molar-refractivity contribution < 1.29 is 9.59 Å². The minimum Gasteiger partial charge on any atom is -0.353 e. The summed E-state index contributed by atoms with van der Waals surface area (Å²) in [5.74, 6) is 0.0880. The molecule has 136 valence electrons. The minimum atomic E-state index is 0.0102. The summed E-state index contributed by atoms with van der Waals surface area (Å²) >= 11 is 5.86. The number of carbonyl (C=O) groups excluding carboxylic acids is 2. The summed E-state index contributed by atoms with van der Waals surface area (Å²) in [7, 11) is 0. The van der Waals surface area contributed by atoms with Gasteiger partial charge in [-0.1, -0.05) is 41.9 Å². The molecule has 2 aromatic carbocycles. The summed E-state index contributed by atoms with van der Waals surface area (Å²) in [5, 5.41) is 3.75. The Morgan fingerprint density at radius 1 is 1.08 bits per heavy atom. The van der Waals surface area contributed by atoms with E-state index in [-0.39, 0.29) is 17.9 Å². The number of rotatable bonds is 4. The Balaban J connectivity index is 1.49. The molecule has 0 aliphatic carbocycles. The van der Waals surface area contributed by atoms with Crippen molar-refractivity contribution in [2.75, 3.05) is 13.1 Å². The van der Waals surface area contributed by atoms with Crippen LogP contribution >= 0.6 is 11.6 Å². The number of hydrogen-bond donors (Lipinski definition) is 1. The number of carbonyl (C=O) groups is 2. The van der Waals surface area contributed by atoms with E-state index in [4.69, 9.17) is 11.6 Å². The van der Waals surface area contributed by atoms with Crippen LogP contribution in [0.25, 0.3) is 0 Å². The zero-order valence-corrected chi connectivity index (χ0v) is 15.6. The van der Waals surface area contributed by atoms with Crippen molar-refractivity contribution in [2.24, 2.45) is 0 Å². The normalized spacial score (nSPS) is 14.9. The predicted molar refractivity (Wildman–Crippen MR) is 103 cm³/mol. The predicted octanol–water partition coefficient (Wildman–Crippen LogP) is 3.61. The van der Waals surface area contributed by atoms with Crippen LogP contribution in [0.1, 0.15) is 34.3 Å². The Bertz CT molecular complexity index is 781. The molecule has 0 saturated carbocycles. The molecular weight excluding hydrogens is 348 g/mol. The van der Waals surface area contributed by atoms with Crippen LogP contribution in [0.2, 0.25) is 5.02 Å². The Morgan fingerprint density at radius 2 is 1.73 bits per heavy atom. The molecule has 2 amide bonds. The molecule has 1 N–H and O–H groups in total. The lowest BCUT2D eigenvalue weighted by Gasteiger charge is -2.32. The van der Waals surface area contributed by atoms with Crippen LogP contribution in [0, 0.1) is 6.92 Å². The molecule has 4 nitrogen and oxygen atoms in total. The zero-order chi connectivity index (χ0) is 18.5. The van der Waals surface area contributed by atoms with E-state index < -0.39 is 0 Å². The number of hydrogen-bond acceptors (Lipinski definition) is 2. The average molecular weight is 371 g/mol. The fourth-order valence-corrected chi connectivity index (χ4v) is 3.40. The molecule has 1 aliphatic rings. The van der Waals surface area contributed by atoms with Crippen molar-refractivity contribution in [2.45, 2.75) is 32.2 Å². The second-order valence-electron chi connectivity index (χ2n) is 6.75. The van der Waals surface area contributed by atoms with Crippen LogP contribution in [0.4, 0.5) is 0 Å². The highest BCUT2D eigenvalue weighted by Crippen LogP contribution is 2.17. The Kier molecular flexibility index (Phi) is 5.94. The molecule has 1 aliphatic heterocycles. The average Bonchev–Trinajstić information content (AvgIpc) is 2.64. The first-order chi connectivity index (χ1) is 12.5. The summed E-state index contributed by atoms with van der Waals surface area (Å²) in [5.41, 5.74) is 2.70. The van der Waals surface area contributed by atoms with Crippen LogP contribution in [0.15, 0.2) is 48.5 Å². The van der Waals surface area contributed by atoms with E-state index in [9.17, 15) is 9.59 Å². The molecule has 2 aromatic rings. The molecule has 0 atom stereocenters. The topological polar surface area (TPSA) is 49.4 Å². The summed E-state index contributed by atoms with van der Waals surface area (Å²) in [6.45, 7) is 3.29. The number of nitrogens with one attached hydrogen (secondary N) is 1. The lowest BCUT2D eigenvalue weighted by molar-refractivity contribution is -0.121. The molecule has 1 heterocycles. The van der Waals surface area contributed by atoms with Crippen molar-refractivity contribution in [1.82, 2.24) is 10.2 Å². The van der Waals surface area contributed by atoms with Gasteiger partial charge in [-0.3, -0.25) is 9.59 Å². The lowest BCUT2D eigenvalue weighted by Crippen LogP contribution is -2.47. The molecule has 0 unspecified atom stereocenters. The van der Waals surface area contributed by atoms with Gasteiger partial charge >= 0.3 is 0 Å². The van der Waals surface area contributed by atoms with Gasteiger partial charge in [0.1, 0.15) is 0 Å². The minimum absolute atomic E-state index is 0.0102. The third-order valence-corrected chi connectivity index (χ3v) is 5.05. The van der Waals surface area contributed by atoms with Gasteiger partial charge in [0.15, 0.2) is 0 Å². The van der Waals surface area contributed by atoms with Crippen LogP contribution in [-0.2, 0) is 11.2 Å². The first-order valence-electron chi connectivity index (χ1n) is 8.91. The van der Waals surface area contributed by atoms with Gasteiger partial charge in [0.2, 0.25) is 5.91 Å². The van der Waals surface area contributed by atoms with E-state index in [1.54, 1.807) is 12.1 Å². The summed E-state index contributed by atoms with van der Waals surface area (Å²) in [6.07, 6.45) is 1.91. The van der Waals surface area contributed by atoms with E-state index in [0.717, 1.165) is 29.5 Å². The van der Waals surface area contributed by atoms with Crippen LogP contribution in [0.3, 0.4) is 0 Å². The monoisotopic (exact) mass is 370 g/mol. The van der Waals surface area contributed by atoms with Gasteiger partial charge < -0.3 is 10.2 Å². The highest BCUT2D eigenvalue weighted by molar-refractivity contribution is 6.30. The van der Waals surface area contributed by atoms with Crippen molar-refractivity contribution in [1.29, 1.82) is 0 Å². The third kappa shape index (κ3) is 4.64. The van der Waals surface area contributed by atoms with Gasteiger partial charge in [-0.2, -0.15) is 0 Å². The SMILES string of the molecule is Cc1ccccc1C(=O)N1CCC(NC(=O)Cc2ccc(Cl)cc2)CC1. The Morgan fingerprint density at radius 3 is 2.38 bits per heavy atom. The van der Waals surface area contributed by atoms with Gasteiger partial charge in [0, 0.05) is 29.7 Å². The van der Waals surface area contributed by atoms with Gasteiger partial charge in [-0.15, -0.1) is 0 Å². The number of nitrogens with zero attached hydrogens (tertiary/aromatic N) is 1. The molecule has 1 saturated heterocycles. The molecule has 5 heteroatoms. The van der Waals surface area contributed by atoms with Gasteiger partial charge in [-0.05, 0) is 49.1 Å². The number of likely N-dealkylation sites (tertiary alicyclic amines) is 1. The summed E-state index contributed by atoms with van der Waals surface area (Å²) < 4.78 is 0. The number of benzene rings is 2. The van der Waals surface area contributed by atoms with Crippen molar-refractivity contribution in [3.8, 4) is 0 Å². The molecule has 0 radical (unpaired) electrons. The van der Waals surface area contributed by atoms with Gasteiger partial charge in [0.25, 0.3) is 5.91 Å². The second kappa shape index (κ2) is 8.37. The standard InChI is InChI=1S/C21H23ClN2O2/c1-15-4-2-3-5-19(15)21(26)24-12-10-18(11-13-24)23-20(25)14-16-6-8-17(22)9-7-16/h2-9,18H,10-14H2,1H3,(H,23,25). The Labute approximate surface area is 159 Å². The zero-order valence-electron chi connectivity index (χ0n) is 14.9. The first kappa shape index (κ1) is 18.5. The highest BCUT2D eigenvalue weighted by atomic mass is 35.5. The van der Waals surface area contributed by atoms with E-state index in [2.05, 4.69) is 5.32 Å². The largest absolute Gasteiger partial charge is 0.353 e. The summed E-state index contributed by atoms with van der Waals surface area (Å²) in [6, 6.07) is 15.1. The maximum absolute atomic E-state index is 12.6. The van der Waals surface area contributed by atoms with E-state index in [1.165, 1.54) is 0 Å². The number of aryl methyl sites for hydroxylation is 1. The first-order valence-corrected chi connectivity index (χ1v) is 9.29. The molecule has 0 aromatic heterocycles. The lowest BCUT2D eigenvalue weighted by atomic mass is 10.0. The molecule has 0 spiro atoms. The van der Waals surface area contributed by atoms with E-state index in [0.29, 0.717) is 24.5 Å². The van der Waals surface area contributed by atoms with Crippen LogP contribution in [-0.4, -0.2) is 35.8 Å². The van der Waals surface area contributed by atoms with E-state index >= 15 is 0 Å².